The zero-order valence-corrected chi connectivity index (χ0v) is 12.1. The first-order valence-electron chi connectivity index (χ1n) is 5.59. The Balaban J connectivity index is 2.74. The van der Waals surface area contributed by atoms with Gasteiger partial charge in [-0.1, -0.05) is 23.2 Å². The van der Waals surface area contributed by atoms with Crippen LogP contribution in [-0.4, -0.2) is 30.5 Å². The molecule has 1 unspecified atom stereocenters. The number of likely N-dealkylation sites (N-methyl/N-ethyl adjacent to an activating group) is 1. The molecule has 0 saturated heterocycles. The SMILES string of the molecule is CNC(CCOc1c(Cl)cc([N+](=O)[O-])cc1Cl)C(N)=O. The van der Waals surface area contributed by atoms with Gasteiger partial charge in [0.2, 0.25) is 5.91 Å². The lowest BCUT2D eigenvalue weighted by molar-refractivity contribution is -0.384. The second-order valence-electron chi connectivity index (χ2n) is 3.88. The number of primary amides is 1. The summed E-state index contributed by atoms with van der Waals surface area (Å²) in [4.78, 5) is 21.0. The summed E-state index contributed by atoms with van der Waals surface area (Å²) in [5, 5.41) is 13.4. The molecule has 0 saturated carbocycles. The maximum absolute atomic E-state index is 11.0. The zero-order valence-electron chi connectivity index (χ0n) is 10.6. The van der Waals surface area contributed by atoms with Crippen LogP contribution in [0.25, 0.3) is 0 Å². The Labute approximate surface area is 125 Å². The van der Waals surface area contributed by atoms with Gasteiger partial charge in [0.05, 0.1) is 27.6 Å². The molecular weight excluding hydrogens is 309 g/mol. The number of nitro benzene ring substituents is 1. The van der Waals surface area contributed by atoms with Crippen molar-refractivity contribution in [2.75, 3.05) is 13.7 Å². The second kappa shape index (κ2) is 7.28. The first-order chi connectivity index (χ1) is 9.36. The van der Waals surface area contributed by atoms with E-state index in [0.717, 1.165) is 12.1 Å². The fraction of sp³-hybridized carbons (Fsp3) is 0.364. The van der Waals surface area contributed by atoms with Crippen LogP contribution in [0.15, 0.2) is 12.1 Å². The van der Waals surface area contributed by atoms with Crippen molar-refractivity contribution >= 4 is 34.8 Å². The number of carbonyl (C=O) groups is 1. The van der Waals surface area contributed by atoms with E-state index < -0.39 is 16.9 Å². The van der Waals surface area contributed by atoms with Gasteiger partial charge in [-0.2, -0.15) is 0 Å². The molecule has 1 aromatic carbocycles. The number of nitrogens with one attached hydrogen (secondary N) is 1. The molecule has 1 atom stereocenters. The van der Waals surface area contributed by atoms with Gasteiger partial charge in [0.25, 0.3) is 5.69 Å². The van der Waals surface area contributed by atoms with Crippen LogP contribution < -0.4 is 15.8 Å². The van der Waals surface area contributed by atoms with Crippen LogP contribution in [0.1, 0.15) is 6.42 Å². The Hall–Kier alpha value is -1.57. The van der Waals surface area contributed by atoms with Crippen molar-refractivity contribution < 1.29 is 14.5 Å². The highest BCUT2D eigenvalue weighted by Crippen LogP contribution is 2.36. The number of hydrogen-bond donors (Lipinski definition) is 2. The number of hydrogen-bond acceptors (Lipinski definition) is 5. The van der Waals surface area contributed by atoms with Crippen molar-refractivity contribution in [2.24, 2.45) is 5.73 Å². The van der Waals surface area contributed by atoms with Crippen LogP contribution in [0.2, 0.25) is 10.0 Å². The quantitative estimate of drug-likeness (QED) is 0.587. The highest BCUT2D eigenvalue weighted by Gasteiger charge is 2.17. The monoisotopic (exact) mass is 321 g/mol. The molecule has 9 heteroatoms. The highest BCUT2D eigenvalue weighted by atomic mass is 35.5. The van der Waals surface area contributed by atoms with Gasteiger partial charge in [0.1, 0.15) is 0 Å². The summed E-state index contributed by atoms with van der Waals surface area (Å²) in [6.07, 6.45) is 0.315. The Morgan fingerprint density at radius 3 is 2.45 bits per heavy atom. The molecule has 0 aliphatic rings. The summed E-state index contributed by atoms with van der Waals surface area (Å²) < 4.78 is 5.35. The minimum Gasteiger partial charge on any atom is -0.490 e. The molecule has 0 aliphatic carbocycles. The van der Waals surface area contributed by atoms with E-state index in [1.54, 1.807) is 7.05 Å². The van der Waals surface area contributed by atoms with Gasteiger partial charge >= 0.3 is 0 Å². The molecule has 0 aromatic heterocycles. The van der Waals surface area contributed by atoms with Gasteiger partial charge in [0.15, 0.2) is 5.75 Å². The van der Waals surface area contributed by atoms with E-state index in [9.17, 15) is 14.9 Å². The zero-order chi connectivity index (χ0) is 15.3. The number of benzene rings is 1. The number of halogens is 2. The van der Waals surface area contributed by atoms with Gasteiger partial charge < -0.3 is 15.8 Å². The number of non-ortho nitro benzene ring substituents is 1. The first kappa shape index (κ1) is 16.5. The fourth-order valence-corrected chi connectivity index (χ4v) is 2.08. The van der Waals surface area contributed by atoms with Crippen LogP contribution in [-0.2, 0) is 4.79 Å². The molecule has 1 rings (SSSR count). The smallest absolute Gasteiger partial charge is 0.272 e. The lowest BCUT2D eigenvalue weighted by Gasteiger charge is -2.14. The molecule has 0 spiro atoms. The van der Waals surface area contributed by atoms with Crippen molar-refractivity contribution in [3.63, 3.8) is 0 Å². The minimum absolute atomic E-state index is 0.0317. The van der Waals surface area contributed by atoms with E-state index in [0.29, 0.717) is 6.42 Å². The van der Waals surface area contributed by atoms with E-state index in [1.165, 1.54) is 0 Å². The topological polar surface area (TPSA) is 107 Å². The molecule has 20 heavy (non-hydrogen) atoms. The molecule has 0 aliphatic heterocycles. The van der Waals surface area contributed by atoms with Crippen molar-refractivity contribution in [3.8, 4) is 5.75 Å². The van der Waals surface area contributed by atoms with Gasteiger partial charge in [0, 0.05) is 18.6 Å². The predicted molar refractivity (Wildman–Crippen MR) is 75.3 cm³/mol. The maximum atomic E-state index is 11.0. The van der Waals surface area contributed by atoms with Crippen LogP contribution in [0.4, 0.5) is 5.69 Å². The Morgan fingerprint density at radius 2 is 2.05 bits per heavy atom. The number of carbonyl (C=O) groups excluding carboxylic acids is 1. The number of rotatable bonds is 7. The standard InChI is InChI=1S/C11H13Cl2N3O4/c1-15-9(11(14)17)2-3-20-10-7(12)4-6(16(18)19)5-8(10)13/h4-5,9,15H,2-3H2,1H3,(H2,14,17). The number of ether oxygens (including phenoxy) is 1. The first-order valence-corrected chi connectivity index (χ1v) is 6.35. The Morgan fingerprint density at radius 1 is 1.50 bits per heavy atom. The van der Waals surface area contributed by atoms with E-state index in [2.05, 4.69) is 5.32 Å². The predicted octanol–water partition coefficient (Wildman–Crippen LogP) is 1.74. The van der Waals surface area contributed by atoms with Crippen molar-refractivity contribution in [3.05, 3.63) is 32.3 Å². The number of nitro groups is 1. The third-order valence-corrected chi connectivity index (χ3v) is 3.10. The average molecular weight is 322 g/mol. The Kier molecular flexibility index (Phi) is 6.00. The van der Waals surface area contributed by atoms with E-state index >= 15 is 0 Å². The lowest BCUT2D eigenvalue weighted by Crippen LogP contribution is -2.40. The van der Waals surface area contributed by atoms with Crippen molar-refractivity contribution in [2.45, 2.75) is 12.5 Å². The lowest BCUT2D eigenvalue weighted by atomic mass is 10.2. The molecule has 1 aromatic rings. The average Bonchev–Trinajstić information content (AvgIpc) is 2.36. The van der Waals surface area contributed by atoms with Crippen molar-refractivity contribution in [1.29, 1.82) is 0 Å². The van der Waals surface area contributed by atoms with Gasteiger partial charge in [-0.25, -0.2) is 0 Å². The summed E-state index contributed by atoms with van der Waals surface area (Å²) in [6, 6.07) is 1.75. The summed E-state index contributed by atoms with van der Waals surface area (Å²) in [5.41, 5.74) is 4.93. The summed E-state index contributed by atoms with van der Waals surface area (Å²) in [6.45, 7) is 0.131. The molecule has 110 valence electrons. The highest BCUT2D eigenvalue weighted by molar-refractivity contribution is 6.37. The molecule has 0 bridgehead atoms. The molecule has 0 radical (unpaired) electrons. The summed E-state index contributed by atoms with van der Waals surface area (Å²) in [5.74, 6) is -0.366. The molecule has 0 heterocycles. The van der Waals surface area contributed by atoms with Crippen LogP contribution >= 0.6 is 23.2 Å². The van der Waals surface area contributed by atoms with Gasteiger partial charge in [-0.15, -0.1) is 0 Å². The molecule has 7 nitrogen and oxygen atoms in total. The fourth-order valence-electron chi connectivity index (χ4n) is 1.50. The van der Waals surface area contributed by atoms with E-state index in [4.69, 9.17) is 33.7 Å². The number of nitrogens with two attached hydrogens (primary N) is 1. The van der Waals surface area contributed by atoms with Crippen LogP contribution in [0, 0.1) is 10.1 Å². The third-order valence-electron chi connectivity index (χ3n) is 2.54. The summed E-state index contributed by atoms with van der Waals surface area (Å²) >= 11 is 11.7. The largest absolute Gasteiger partial charge is 0.490 e. The van der Waals surface area contributed by atoms with Gasteiger partial charge in [-0.05, 0) is 7.05 Å². The number of nitrogens with zero attached hydrogens (tertiary/aromatic N) is 1. The van der Waals surface area contributed by atoms with Crippen LogP contribution in [0.5, 0.6) is 5.75 Å². The minimum atomic E-state index is -0.605. The molecule has 3 N–H and O–H groups in total. The third kappa shape index (κ3) is 4.22. The molecule has 0 fully saturated rings. The Bertz CT molecular complexity index is 501. The molecular formula is C11H13Cl2N3O4. The normalized spacial score (nSPS) is 11.9. The van der Waals surface area contributed by atoms with Gasteiger partial charge in [-0.3, -0.25) is 14.9 Å². The summed E-state index contributed by atoms with van der Waals surface area (Å²) in [7, 11) is 1.60. The van der Waals surface area contributed by atoms with E-state index in [-0.39, 0.29) is 28.1 Å². The van der Waals surface area contributed by atoms with Crippen LogP contribution in [0.3, 0.4) is 0 Å². The van der Waals surface area contributed by atoms with Crippen molar-refractivity contribution in [1.82, 2.24) is 5.32 Å². The molecule has 1 amide bonds. The number of amides is 1. The maximum Gasteiger partial charge on any atom is 0.272 e. The van der Waals surface area contributed by atoms with E-state index in [1.807, 2.05) is 0 Å². The second-order valence-corrected chi connectivity index (χ2v) is 4.69.